The summed E-state index contributed by atoms with van der Waals surface area (Å²) >= 11 is 1.29. The summed E-state index contributed by atoms with van der Waals surface area (Å²) in [5.74, 6) is -0.505. The number of para-hydroxylation sites is 2. The lowest BCUT2D eigenvalue weighted by molar-refractivity contribution is -0.138. The van der Waals surface area contributed by atoms with Crippen molar-refractivity contribution in [1.82, 2.24) is 10.3 Å². The molecular formula is C11H12N2O3S. The molecule has 0 amide bonds. The molecule has 17 heavy (non-hydrogen) atoms. The van der Waals surface area contributed by atoms with Crippen LogP contribution < -0.4 is 5.32 Å². The minimum Gasteiger partial charge on any atom is -0.480 e. The molecule has 0 aliphatic rings. The zero-order valence-electron chi connectivity index (χ0n) is 9.21. The number of oxazole rings is 1. The van der Waals surface area contributed by atoms with E-state index in [-0.39, 0.29) is 0 Å². The molecule has 0 aliphatic carbocycles. The van der Waals surface area contributed by atoms with E-state index in [1.807, 2.05) is 24.3 Å². The standard InChI is InChI=1S/C11H12N2O3S/c1-12-8(10(14)15)6-17-11-13-7-4-2-3-5-9(7)16-11/h2-5,8,12H,6H2,1H3,(H,14,15). The molecule has 2 N–H and O–H groups in total. The molecule has 0 aliphatic heterocycles. The molecule has 1 aromatic heterocycles. The molecule has 6 heteroatoms. The summed E-state index contributed by atoms with van der Waals surface area (Å²) in [5.41, 5.74) is 1.50. The van der Waals surface area contributed by atoms with Crippen LogP contribution in [0.25, 0.3) is 11.1 Å². The molecule has 2 aromatic rings. The number of carbonyl (C=O) groups is 1. The lowest BCUT2D eigenvalue weighted by atomic mass is 10.3. The maximum Gasteiger partial charge on any atom is 0.321 e. The van der Waals surface area contributed by atoms with Crippen molar-refractivity contribution in [3.8, 4) is 0 Å². The third-order valence-corrected chi connectivity index (χ3v) is 3.22. The highest BCUT2D eigenvalue weighted by atomic mass is 32.2. The highest BCUT2D eigenvalue weighted by molar-refractivity contribution is 7.99. The van der Waals surface area contributed by atoms with Gasteiger partial charge in [-0.15, -0.1) is 0 Å². The van der Waals surface area contributed by atoms with Gasteiger partial charge < -0.3 is 14.8 Å². The van der Waals surface area contributed by atoms with Crippen molar-refractivity contribution in [2.24, 2.45) is 0 Å². The number of nitrogens with one attached hydrogen (secondary N) is 1. The molecule has 90 valence electrons. The van der Waals surface area contributed by atoms with Crippen LogP contribution in [0.15, 0.2) is 33.9 Å². The molecule has 5 nitrogen and oxygen atoms in total. The van der Waals surface area contributed by atoms with Crippen molar-refractivity contribution >= 4 is 28.8 Å². The predicted molar refractivity (Wildman–Crippen MR) is 65.2 cm³/mol. The molecule has 1 heterocycles. The molecule has 0 bridgehead atoms. The number of carboxylic acid groups (broad SMARTS) is 1. The number of likely N-dealkylation sites (N-methyl/N-ethyl adjacent to an activating group) is 1. The number of hydrogen-bond acceptors (Lipinski definition) is 5. The third-order valence-electron chi connectivity index (χ3n) is 2.29. The van der Waals surface area contributed by atoms with Crippen molar-refractivity contribution in [1.29, 1.82) is 0 Å². The first kappa shape index (κ1) is 11.9. The van der Waals surface area contributed by atoms with Gasteiger partial charge in [0.2, 0.25) is 0 Å². The first-order valence-electron chi connectivity index (χ1n) is 5.09. The number of carboxylic acids is 1. The minimum atomic E-state index is -0.879. The van der Waals surface area contributed by atoms with Gasteiger partial charge in [-0.2, -0.15) is 0 Å². The third kappa shape index (κ3) is 2.78. The Balaban J connectivity index is 2.06. The van der Waals surface area contributed by atoms with Crippen LogP contribution in [0.1, 0.15) is 0 Å². The summed E-state index contributed by atoms with van der Waals surface area (Å²) in [5, 5.41) is 12.1. The highest BCUT2D eigenvalue weighted by Crippen LogP contribution is 2.23. The topological polar surface area (TPSA) is 75.4 Å². The fourth-order valence-corrected chi connectivity index (χ4v) is 2.28. The number of nitrogens with zero attached hydrogens (tertiary/aromatic N) is 1. The number of aliphatic carboxylic acids is 1. The number of thioether (sulfide) groups is 1. The van der Waals surface area contributed by atoms with Crippen molar-refractivity contribution in [3.63, 3.8) is 0 Å². The van der Waals surface area contributed by atoms with Gasteiger partial charge in [0.05, 0.1) is 0 Å². The number of aromatic nitrogens is 1. The Labute approximate surface area is 102 Å². The summed E-state index contributed by atoms with van der Waals surface area (Å²) in [6, 6.07) is 6.84. The van der Waals surface area contributed by atoms with E-state index in [0.717, 1.165) is 5.52 Å². The highest BCUT2D eigenvalue weighted by Gasteiger charge is 2.16. The molecule has 2 rings (SSSR count). The van der Waals surface area contributed by atoms with E-state index in [1.54, 1.807) is 7.05 Å². The predicted octanol–water partition coefficient (Wildman–Crippen LogP) is 1.59. The molecule has 0 fully saturated rings. The van der Waals surface area contributed by atoms with Crippen LogP contribution in [0.3, 0.4) is 0 Å². The zero-order valence-corrected chi connectivity index (χ0v) is 10.0. The lowest BCUT2D eigenvalue weighted by Gasteiger charge is -2.07. The first-order chi connectivity index (χ1) is 8.20. The molecule has 1 unspecified atom stereocenters. The summed E-state index contributed by atoms with van der Waals surface area (Å²) in [7, 11) is 1.62. The van der Waals surface area contributed by atoms with E-state index >= 15 is 0 Å². The van der Waals surface area contributed by atoms with E-state index in [4.69, 9.17) is 9.52 Å². The second kappa shape index (κ2) is 5.20. The Bertz CT molecular complexity index is 493. The van der Waals surface area contributed by atoms with Gasteiger partial charge in [-0.05, 0) is 19.2 Å². The summed E-state index contributed by atoms with van der Waals surface area (Å²) in [6.45, 7) is 0. The average molecular weight is 252 g/mol. The zero-order chi connectivity index (χ0) is 12.3. The quantitative estimate of drug-likeness (QED) is 0.787. The van der Waals surface area contributed by atoms with E-state index in [1.165, 1.54) is 11.8 Å². The molecule has 1 atom stereocenters. The molecular weight excluding hydrogens is 240 g/mol. The van der Waals surface area contributed by atoms with Gasteiger partial charge in [-0.3, -0.25) is 4.79 Å². The van der Waals surface area contributed by atoms with E-state index in [0.29, 0.717) is 16.6 Å². The average Bonchev–Trinajstić information content (AvgIpc) is 2.71. The fourth-order valence-electron chi connectivity index (χ4n) is 1.35. The number of hydrogen-bond donors (Lipinski definition) is 2. The molecule has 0 spiro atoms. The van der Waals surface area contributed by atoms with Gasteiger partial charge in [0, 0.05) is 5.75 Å². The minimum absolute atomic E-state index is 0.374. The maximum atomic E-state index is 10.8. The van der Waals surface area contributed by atoms with Gasteiger partial charge in [0.25, 0.3) is 5.22 Å². The Morgan fingerprint density at radius 2 is 2.35 bits per heavy atom. The van der Waals surface area contributed by atoms with Crippen molar-refractivity contribution in [2.75, 3.05) is 12.8 Å². The molecule has 1 aromatic carbocycles. The first-order valence-corrected chi connectivity index (χ1v) is 6.07. The van der Waals surface area contributed by atoms with Gasteiger partial charge in [0.15, 0.2) is 5.58 Å². The monoisotopic (exact) mass is 252 g/mol. The van der Waals surface area contributed by atoms with Gasteiger partial charge in [0.1, 0.15) is 11.6 Å². The number of benzene rings is 1. The maximum absolute atomic E-state index is 10.8. The SMILES string of the molecule is CNC(CSc1nc2ccccc2o1)C(=O)O. The van der Waals surface area contributed by atoms with E-state index < -0.39 is 12.0 Å². The molecule has 0 saturated heterocycles. The van der Waals surface area contributed by atoms with E-state index in [9.17, 15) is 4.79 Å². The van der Waals surface area contributed by atoms with Crippen LogP contribution in [0.4, 0.5) is 0 Å². The second-order valence-corrected chi connectivity index (χ2v) is 4.41. The van der Waals surface area contributed by atoms with Crippen molar-refractivity contribution in [3.05, 3.63) is 24.3 Å². The van der Waals surface area contributed by atoms with Gasteiger partial charge in [-0.1, -0.05) is 23.9 Å². The second-order valence-electron chi connectivity index (χ2n) is 3.44. The fraction of sp³-hybridized carbons (Fsp3) is 0.273. The van der Waals surface area contributed by atoms with Crippen LogP contribution in [0.2, 0.25) is 0 Å². The Morgan fingerprint density at radius 1 is 1.59 bits per heavy atom. The van der Waals surface area contributed by atoms with Crippen LogP contribution in [0, 0.1) is 0 Å². The van der Waals surface area contributed by atoms with Crippen LogP contribution >= 0.6 is 11.8 Å². The summed E-state index contributed by atoms with van der Waals surface area (Å²) in [4.78, 5) is 15.1. The van der Waals surface area contributed by atoms with Crippen molar-refractivity contribution < 1.29 is 14.3 Å². The van der Waals surface area contributed by atoms with E-state index in [2.05, 4.69) is 10.3 Å². The number of fused-ring (bicyclic) bond motifs is 1. The molecule has 0 radical (unpaired) electrons. The molecule has 0 saturated carbocycles. The van der Waals surface area contributed by atoms with Crippen LogP contribution in [-0.4, -0.2) is 34.9 Å². The normalized spacial score (nSPS) is 12.8. The Morgan fingerprint density at radius 3 is 3.00 bits per heavy atom. The van der Waals surface area contributed by atoms with Crippen molar-refractivity contribution in [2.45, 2.75) is 11.3 Å². The summed E-state index contributed by atoms with van der Waals surface area (Å²) < 4.78 is 5.47. The lowest BCUT2D eigenvalue weighted by Crippen LogP contribution is -2.35. The largest absolute Gasteiger partial charge is 0.480 e. The van der Waals surface area contributed by atoms with Crippen LogP contribution in [0.5, 0.6) is 0 Å². The smallest absolute Gasteiger partial charge is 0.321 e. The van der Waals surface area contributed by atoms with Gasteiger partial charge >= 0.3 is 5.97 Å². The summed E-state index contributed by atoms with van der Waals surface area (Å²) in [6.07, 6.45) is 0. The Hall–Kier alpha value is -1.53. The number of rotatable bonds is 5. The van der Waals surface area contributed by atoms with Crippen LogP contribution in [-0.2, 0) is 4.79 Å². The van der Waals surface area contributed by atoms with Gasteiger partial charge in [-0.25, -0.2) is 4.98 Å². The Kier molecular flexibility index (Phi) is 3.65.